The Balaban J connectivity index is 2.17. The highest BCUT2D eigenvalue weighted by Crippen LogP contribution is 2.26. The second-order valence-electron chi connectivity index (χ2n) is 3.98. The van der Waals surface area contributed by atoms with Crippen molar-refractivity contribution in [2.75, 3.05) is 5.32 Å². The van der Waals surface area contributed by atoms with Gasteiger partial charge >= 0.3 is 0 Å². The summed E-state index contributed by atoms with van der Waals surface area (Å²) >= 11 is 1.71. The third-order valence-electron chi connectivity index (χ3n) is 2.69. The van der Waals surface area contributed by atoms with Crippen LogP contribution in [0.2, 0.25) is 0 Å². The second-order valence-corrected chi connectivity index (χ2v) is 4.87. The Hall–Kier alpha value is -1.35. The van der Waals surface area contributed by atoms with Crippen molar-refractivity contribution in [3.05, 3.63) is 45.9 Å². The number of nitrogens with zero attached hydrogens (tertiary/aromatic N) is 1. The molecule has 1 unspecified atom stereocenters. The molecule has 0 fully saturated rings. The number of anilines is 1. The number of hydrogen-bond acceptors (Lipinski definition) is 3. The van der Waals surface area contributed by atoms with Crippen LogP contribution in [0.5, 0.6) is 0 Å². The Morgan fingerprint density at radius 1 is 1.25 bits per heavy atom. The predicted octanol–water partition coefficient (Wildman–Crippen LogP) is 3.93. The molecule has 1 aromatic carbocycles. The fourth-order valence-corrected chi connectivity index (χ4v) is 2.57. The van der Waals surface area contributed by atoms with Crippen molar-refractivity contribution in [3.63, 3.8) is 0 Å². The average molecular weight is 232 g/mol. The van der Waals surface area contributed by atoms with E-state index in [1.165, 1.54) is 16.1 Å². The Kier molecular flexibility index (Phi) is 3.25. The summed E-state index contributed by atoms with van der Waals surface area (Å²) in [5.41, 5.74) is 5.50. The number of para-hydroxylation sites is 1. The molecular formula is C13H16N2S. The molecular weight excluding hydrogens is 216 g/mol. The van der Waals surface area contributed by atoms with Gasteiger partial charge in [-0.15, -0.1) is 11.3 Å². The molecule has 3 heteroatoms. The molecule has 0 saturated carbocycles. The molecule has 1 heterocycles. The topological polar surface area (TPSA) is 24.9 Å². The Morgan fingerprint density at radius 2 is 2.00 bits per heavy atom. The molecule has 2 rings (SSSR count). The summed E-state index contributed by atoms with van der Waals surface area (Å²) in [6.07, 6.45) is 0. The van der Waals surface area contributed by atoms with E-state index in [1.807, 2.05) is 5.51 Å². The highest BCUT2D eigenvalue weighted by Gasteiger charge is 2.11. The van der Waals surface area contributed by atoms with E-state index in [2.05, 4.69) is 55.3 Å². The fraction of sp³-hybridized carbons (Fsp3) is 0.308. The van der Waals surface area contributed by atoms with Crippen molar-refractivity contribution in [2.24, 2.45) is 0 Å². The molecule has 84 valence electrons. The van der Waals surface area contributed by atoms with Gasteiger partial charge in [0.05, 0.1) is 17.2 Å². The zero-order chi connectivity index (χ0) is 11.5. The minimum Gasteiger partial charge on any atom is -0.377 e. The van der Waals surface area contributed by atoms with Crippen LogP contribution in [0.1, 0.15) is 29.1 Å². The van der Waals surface area contributed by atoms with Gasteiger partial charge in [0.1, 0.15) is 0 Å². The molecule has 0 radical (unpaired) electrons. The first-order valence-electron chi connectivity index (χ1n) is 5.40. The van der Waals surface area contributed by atoms with Gasteiger partial charge in [0.25, 0.3) is 0 Å². The van der Waals surface area contributed by atoms with E-state index in [-0.39, 0.29) is 0 Å². The third-order valence-corrected chi connectivity index (χ3v) is 3.81. The zero-order valence-electron chi connectivity index (χ0n) is 9.82. The maximum absolute atomic E-state index is 4.28. The Labute approximate surface area is 100 Å². The molecule has 0 bridgehead atoms. The van der Waals surface area contributed by atoms with Crippen LogP contribution in [0.15, 0.2) is 29.8 Å². The monoisotopic (exact) mass is 232 g/mol. The fourth-order valence-electron chi connectivity index (χ4n) is 1.76. The van der Waals surface area contributed by atoms with Gasteiger partial charge in [0.15, 0.2) is 0 Å². The summed E-state index contributed by atoms with van der Waals surface area (Å²) < 4.78 is 0. The molecule has 0 amide bonds. The van der Waals surface area contributed by atoms with Crippen LogP contribution < -0.4 is 5.32 Å². The minimum atomic E-state index is 0.314. The van der Waals surface area contributed by atoms with Crippen molar-refractivity contribution in [1.29, 1.82) is 0 Å². The number of aryl methyl sites for hydroxylation is 2. The highest BCUT2D eigenvalue weighted by molar-refractivity contribution is 7.09. The van der Waals surface area contributed by atoms with Crippen LogP contribution in [0.25, 0.3) is 0 Å². The van der Waals surface area contributed by atoms with Crippen LogP contribution in [0, 0.1) is 13.8 Å². The number of thiazole rings is 1. The zero-order valence-corrected chi connectivity index (χ0v) is 10.6. The number of aromatic nitrogens is 1. The highest BCUT2D eigenvalue weighted by atomic mass is 32.1. The lowest BCUT2D eigenvalue weighted by Crippen LogP contribution is -2.07. The van der Waals surface area contributed by atoms with Crippen LogP contribution in [0.3, 0.4) is 0 Å². The lowest BCUT2D eigenvalue weighted by Gasteiger charge is -2.16. The van der Waals surface area contributed by atoms with Crippen molar-refractivity contribution in [1.82, 2.24) is 4.98 Å². The normalized spacial score (nSPS) is 12.4. The van der Waals surface area contributed by atoms with E-state index >= 15 is 0 Å². The van der Waals surface area contributed by atoms with E-state index in [1.54, 1.807) is 11.3 Å². The third kappa shape index (κ3) is 2.25. The van der Waals surface area contributed by atoms with E-state index in [4.69, 9.17) is 0 Å². The van der Waals surface area contributed by atoms with Crippen LogP contribution in [0.4, 0.5) is 5.69 Å². The van der Waals surface area contributed by atoms with E-state index in [0.717, 1.165) is 5.69 Å². The van der Waals surface area contributed by atoms with Gasteiger partial charge in [-0.3, -0.25) is 0 Å². The summed E-state index contributed by atoms with van der Waals surface area (Å²) in [5, 5.41) is 3.52. The van der Waals surface area contributed by atoms with Gasteiger partial charge < -0.3 is 5.32 Å². The van der Waals surface area contributed by atoms with E-state index in [0.29, 0.717) is 6.04 Å². The van der Waals surface area contributed by atoms with Crippen LogP contribution >= 0.6 is 11.3 Å². The summed E-state index contributed by atoms with van der Waals surface area (Å²) in [7, 11) is 0. The molecule has 0 aliphatic carbocycles. The molecule has 0 aliphatic heterocycles. The summed E-state index contributed by atoms with van der Waals surface area (Å²) in [4.78, 5) is 5.59. The Bertz CT molecular complexity index is 476. The maximum atomic E-state index is 4.28. The SMILES string of the molecule is Cc1ccccc1NC(C)c1scnc1C. The smallest absolute Gasteiger partial charge is 0.0798 e. The molecule has 2 nitrogen and oxygen atoms in total. The van der Waals surface area contributed by atoms with Gasteiger partial charge in [-0.05, 0) is 32.4 Å². The first-order chi connectivity index (χ1) is 7.68. The minimum absolute atomic E-state index is 0.314. The van der Waals surface area contributed by atoms with E-state index in [9.17, 15) is 0 Å². The number of hydrogen-bond donors (Lipinski definition) is 1. The van der Waals surface area contributed by atoms with Crippen molar-refractivity contribution in [3.8, 4) is 0 Å². The van der Waals surface area contributed by atoms with Gasteiger partial charge in [-0.25, -0.2) is 4.98 Å². The maximum Gasteiger partial charge on any atom is 0.0798 e. The van der Waals surface area contributed by atoms with Gasteiger partial charge in [0.2, 0.25) is 0 Å². The first kappa shape index (κ1) is 11.1. The molecule has 16 heavy (non-hydrogen) atoms. The quantitative estimate of drug-likeness (QED) is 0.867. The van der Waals surface area contributed by atoms with Crippen LogP contribution in [-0.2, 0) is 0 Å². The van der Waals surface area contributed by atoms with Crippen molar-refractivity contribution in [2.45, 2.75) is 26.8 Å². The molecule has 0 spiro atoms. The molecule has 0 saturated heterocycles. The standard InChI is InChI=1S/C13H16N2S/c1-9-6-4-5-7-12(9)15-11(3)13-10(2)14-8-16-13/h4-8,11,15H,1-3H3. The first-order valence-corrected chi connectivity index (χ1v) is 6.28. The molecule has 2 aromatic rings. The van der Waals surface area contributed by atoms with Crippen LogP contribution in [-0.4, -0.2) is 4.98 Å². The predicted molar refractivity (Wildman–Crippen MR) is 70.1 cm³/mol. The number of rotatable bonds is 3. The van der Waals surface area contributed by atoms with Crippen molar-refractivity contribution < 1.29 is 0 Å². The van der Waals surface area contributed by atoms with Crippen molar-refractivity contribution >= 4 is 17.0 Å². The molecule has 0 aliphatic rings. The summed E-state index contributed by atoms with van der Waals surface area (Å²) in [5.74, 6) is 0. The Morgan fingerprint density at radius 3 is 2.62 bits per heavy atom. The van der Waals surface area contributed by atoms with Gasteiger partial charge in [0, 0.05) is 10.6 Å². The second kappa shape index (κ2) is 4.66. The summed E-state index contributed by atoms with van der Waals surface area (Å²) in [6.45, 7) is 6.35. The number of nitrogens with one attached hydrogen (secondary N) is 1. The van der Waals surface area contributed by atoms with E-state index < -0.39 is 0 Å². The lowest BCUT2D eigenvalue weighted by molar-refractivity contribution is 0.888. The molecule has 1 atom stereocenters. The molecule has 1 N–H and O–H groups in total. The average Bonchev–Trinajstić information content (AvgIpc) is 2.68. The summed E-state index contributed by atoms with van der Waals surface area (Å²) in [6, 6.07) is 8.66. The van der Waals surface area contributed by atoms with Gasteiger partial charge in [-0.2, -0.15) is 0 Å². The lowest BCUT2D eigenvalue weighted by atomic mass is 10.1. The number of benzene rings is 1. The van der Waals surface area contributed by atoms with Gasteiger partial charge in [-0.1, -0.05) is 18.2 Å². The largest absolute Gasteiger partial charge is 0.377 e. The molecule has 1 aromatic heterocycles.